The highest BCUT2D eigenvalue weighted by Crippen LogP contribution is 2.30. The van der Waals surface area contributed by atoms with Crippen molar-refractivity contribution in [3.05, 3.63) is 76.6 Å². The van der Waals surface area contributed by atoms with Gasteiger partial charge < -0.3 is 14.8 Å². The molecule has 0 fully saturated rings. The average Bonchev–Trinajstić information content (AvgIpc) is 3.02. The van der Waals surface area contributed by atoms with E-state index in [1.807, 2.05) is 23.7 Å². The summed E-state index contributed by atoms with van der Waals surface area (Å²) < 4.78 is 13.0. The first-order valence-electron chi connectivity index (χ1n) is 9.35. The van der Waals surface area contributed by atoms with Crippen LogP contribution in [0.5, 0.6) is 11.5 Å². The van der Waals surface area contributed by atoms with Crippen LogP contribution in [0.15, 0.2) is 48.5 Å². The second kappa shape index (κ2) is 7.76. The highest BCUT2D eigenvalue weighted by Gasteiger charge is 2.15. The summed E-state index contributed by atoms with van der Waals surface area (Å²) in [6, 6.07) is 15.5. The van der Waals surface area contributed by atoms with E-state index in [2.05, 4.69) is 35.5 Å². The van der Waals surface area contributed by atoms with Gasteiger partial charge in [-0.05, 0) is 49.2 Å². The van der Waals surface area contributed by atoms with E-state index in [0.29, 0.717) is 43.4 Å². The van der Waals surface area contributed by atoms with Crippen molar-refractivity contribution in [1.82, 2.24) is 15.1 Å². The van der Waals surface area contributed by atoms with Crippen LogP contribution >= 0.6 is 0 Å². The number of ether oxygens (including phenoxy) is 2. The third-order valence-electron chi connectivity index (χ3n) is 4.68. The van der Waals surface area contributed by atoms with Crippen molar-refractivity contribution in [1.29, 1.82) is 0 Å². The van der Waals surface area contributed by atoms with Gasteiger partial charge in [0, 0.05) is 17.8 Å². The van der Waals surface area contributed by atoms with Crippen molar-refractivity contribution in [2.45, 2.75) is 26.9 Å². The number of carbonyl (C=O) groups excluding carboxylic acids is 1. The summed E-state index contributed by atoms with van der Waals surface area (Å²) in [7, 11) is 0. The molecule has 0 radical (unpaired) electrons. The molecule has 0 spiro atoms. The van der Waals surface area contributed by atoms with Crippen LogP contribution in [0.3, 0.4) is 0 Å². The molecule has 0 saturated heterocycles. The molecule has 4 rings (SSSR count). The molecule has 6 heteroatoms. The molecule has 2 aromatic carbocycles. The number of amides is 1. The molecule has 0 saturated carbocycles. The van der Waals surface area contributed by atoms with Crippen LogP contribution < -0.4 is 14.8 Å². The van der Waals surface area contributed by atoms with Crippen molar-refractivity contribution in [2.24, 2.45) is 0 Å². The summed E-state index contributed by atoms with van der Waals surface area (Å²) in [4.78, 5) is 12.5. The first-order valence-corrected chi connectivity index (χ1v) is 9.35. The number of fused-ring (bicyclic) bond motifs is 1. The number of carbonyl (C=O) groups is 1. The average molecular weight is 377 g/mol. The second-order valence-electron chi connectivity index (χ2n) is 6.95. The number of hydrogen-bond acceptors (Lipinski definition) is 4. The Bertz CT molecular complexity index is 1010. The predicted octanol–water partition coefficient (Wildman–Crippen LogP) is 3.25. The second-order valence-corrected chi connectivity index (χ2v) is 6.95. The van der Waals surface area contributed by atoms with Crippen LogP contribution in [0.2, 0.25) is 0 Å². The molecule has 3 aromatic rings. The highest BCUT2D eigenvalue weighted by atomic mass is 16.6. The molecular formula is C22H23N3O3. The lowest BCUT2D eigenvalue weighted by molar-refractivity contribution is 0.0949. The van der Waals surface area contributed by atoms with Gasteiger partial charge in [0.05, 0.1) is 12.2 Å². The third-order valence-corrected chi connectivity index (χ3v) is 4.68. The maximum atomic E-state index is 12.5. The molecule has 0 aliphatic carbocycles. The number of rotatable bonds is 5. The molecule has 6 nitrogen and oxygen atoms in total. The SMILES string of the molecule is Cc1cc(C)n(Cc2cccc(CNC(=O)c3ccc4c(c3)OCCO4)c2)n1. The van der Waals surface area contributed by atoms with Gasteiger partial charge >= 0.3 is 0 Å². The standard InChI is InChI=1S/C22H23N3O3/c1-15-10-16(2)25(24-15)14-18-5-3-4-17(11-18)13-23-22(26)19-6-7-20-21(12-19)28-9-8-27-20/h3-7,10-12H,8-9,13-14H2,1-2H3,(H,23,26). The summed E-state index contributed by atoms with van der Waals surface area (Å²) in [6.45, 7) is 6.25. The van der Waals surface area contributed by atoms with Gasteiger partial charge in [0.2, 0.25) is 0 Å². The summed E-state index contributed by atoms with van der Waals surface area (Å²) in [5, 5.41) is 7.48. The monoisotopic (exact) mass is 377 g/mol. The Morgan fingerprint density at radius 3 is 2.61 bits per heavy atom. The Morgan fingerprint density at radius 1 is 1.04 bits per heavy atom. The molecule has 0 unspecified atom stereocenters. The maximum Gasteiger partial charge on any atom is 0.251 e. The highest BCUT2D eigenvalue weighted by molar-refractivity contribution is 5.94. The minimum atomic E-state index is -0.138. The van der Waals surface area contributed by atoms with E-state index < -0.39 is 0 Å². The predicted molar refractivity (Wildman–Crippen MR) is 106 cm³/mol. The normalized spacial score (nSPS) is 12.6. The molecule has 0 bridgehead atoms. The number of benzene rings is 2. The summed E-state index contributed by atoms with van der Waals surface area (Å²) in [5.74, 6) is 1.16. The minimum absolute atomic E-state index is 0.138. The first kappa shape index (κ1) is 18.1. The number of aryl methyl sites for hydroxylation is 2. The largest absolute Gasteiger partial charge is 0.486 e. The Kier molecular flexibility index (Phi) is 5.02. The first-order chi connectivity index (χ1) is 13.6. The van der Waals surface area contributed by atoms with E-state index in [1.54, 1.807) is 18.2 Å². The fourth-order valence-corrected chi connectivity index (χ4v) is 3.31. The molecule has 1 amide bonds. The molecule has 2 heterocycles. The fraction of sp³-hybridized carbons (Fsp3) is 0.273. The van der Waals surface area contributed by atoms with Crippen molar-refractivity contribution >= 4 is 5.91 Å². The zero-order chi connectivity index (χ0) is 19.5. The lowest BCUT2D eigenvalue weighted by atomic mass is 10.1. The van der Waals surface area contributed by atoms with Crippen LogP contribution in [0.1, 0.15) is 32.9 Å². The van der Waals surface area contributed by atoms with E-state index in [9.17, 15) is 4.79 Å². The van der Waals surface area contributed by atoms with Crippen LogP contribution in [0, 0.1) is 13.8 Å². The van der Waals surface area contributed by atoms with E-state index in [1.165, 1.54) is 0 Å². The summed E-state index contributed by atoms with van der Waals surface area (Å²) in [5.41, 5.74) is 4.90. The number of aromatic nitrogens is 2. The molecule has 1 aliphatic heterocycles. The smallest absolute Gasteiger partial charge is 0.251 e. The molecule has 28 heavy (non-hydrogen) atoms. The molecule has 1 N–H and O–H groups in total. The quantitative estimate of drug-likeness (QED) is 0.741. The maximum absolute atomic E-state index is 12.5. The van der Waals surface area contributed by atoms with E-state index >= 15 is 0 Å². The molecule has 1 aliphatic rings. The number of nitrogens with zero attached hydrogens (tertiary/aromatic N) is 2. The zero-order valence-electron chi connectivity index (χ0n) is 16.1. The summed E-state index contributed by atoms with van der Waals surface area (Å²) >= 11 is 0. The van der Waals surface area contributed by atoms with Gasteiger partial charge in [0.25, 0.3) is 5.91 Å². The van der Waals surface area contributed by atoms with Crippen molar-refractivity contribution in [3.8, 4) is 11.5 Å². The van der Waals surface area contributed by atoms with Gasteiger partial charge in [0.1, 0.15) is 13.2 Å². The van der Waals surface area contributed by atoms with E-state index in [-0.39, 0.29) is 5.91 Å². The zero-order valence-corrected chi connectivity index (χ0v) is 16.1. The third kappa shape index (κ3) is 4.01. The van der Waals surface area contributed by atoms with Gasteiger partial charge in [-0.2, -0.15) is 5.10 Å². The summed E-state index contributed by atoms with van der Waals surface area (Å²) in [6.07, 6.45) is 0. The van der Waals surface area contributed by atoms with Gasteiger partial charge in [0.15, 0.2) is 11.5 Å². The van der Waals surface area contributed by atoms with Crippen molar-refractivity contribution in [2.75, 3.05) is 13.2 Å². The van der Waals surface area contributed by atoms with Crippen LogP contribution in [-0.4, -0.2) is 28.9 Å². The molecular weight excluding hydrogens is 354 g/mol. The topological polar surface area (TPSA) is 65.4 Å². The van der Waals surface area contributed by atoms with Crippen LogP contribution in [0.4, 0.5) is 0 Å². The van der Waals surface area contributed by atoms with Crippen molar-refractivity contribution in [3.63, 3.8) is 0 Å². The minimum Gasteiger partial charge on any atom is -0.486 e. The number of nitrogens with one attached hydrogen (secondary N) is 1. The Hall–Kier alpha value is -3.28. The van der Waals surface area contributed by atoms with Gasteiger partial charge in [-0.1, -0.05) is 24.3 Å². The Labute approximate surface area is 164 Å². The molecule has 144 valence electrons. The van der Waals surface area contributed by atoms with Crippen LogP contribution in [-0.2, 0) is 13.1 Å². The van der Waals surface area contributed by atoms with Gasteiger partial charge in [-0.15, -0.1) is 0 Å². The Balaban J connectivity index is 1.41. The van der Waals surface area contributed by atoms with Gasteiger partial charge in [-0.3, -0.25) is 9.48 Å². The van der Waals surface area contributed by atoms with Crippen LogP contribution in [0.25, 0.3) is 0 Å². The fourth-order valence-electron chi connectivity index (χ4n) is 3.31. The van der Waals surface area contributed by atoms with Gasteiger partial charge in [-0.25, -0.2) is 0 Å². The lowest BCUT2D eigenvalue weighted by Gasteiger charge is -2.18. The molecule has 0 atom stereocenters. The number of hydrogen-bond donors (Lipinski definition) is 1. The lowest BCUT2D eigenvalue weighted by Crippen LogP contribution is -2.23. The van der Waals surface area contributed by atoms with E-state index in [4.69, 9.17) is 9.47 Å². The van der Waals surface area contributed by atoms with Crippen molar-refractivity contribution < 1.29 is 14.3 Å². The molecule has 1 aromatic heterocycles. The Morgan fingerprint density at radius 2 is 1.82 bits per heavy atom. The van der Waals surface area contributed by atoms with E-state index in [0.717, 1.165) is 22.5 Å².